The predicted molar refractivity (Wildman–Crippen MR) is 77.3 cm³/mol. The van der Waals surface area contributed by atoms with Crippen LogP contribution < -0.4 is 16.6 Å². The lowest BCUT2D eigenvalue weighted by Crippen LogP contribution is -2.42. The van der Waals surface area contributed by atoms with Crippen LogP contribution in [0.4, 0.5) is 0 Å². The van der Waals surface area contributed by atoms with E-state index in [1.165, 1.54) is 11.1 Å². The Hall–Kier alpha value is -1.55. The quantitative estimate of drug-likeness (QED) is 0.321. The first-order valence-electron chi connectivity index (χ1n) is 6.42. The molecule has 0 saturated heterocycles. The monoisotopic (exact) mass is 248 g/mol. The van der Waals surface area contributed by atoms with Crippen molar-refractivity contribution >= 4 is 5.96 Å². The van der Waals surface area contributed by atoms with Crippen molar-refractivity contribution in [1.82, 2.24) is 10.7 Å². The molecule has 0 heterocycles. The SMILES string of the molecule is Cc1cccc(CCNC(=NCC(C)C)NN)c1. The summed E-state index contributed by atoms with van der Waals surface area (Å²) in [6, 6.07) is 8.52. The largest absolute Gasteiger partial charge is 0.355 e. The highest BCUT2D eigenvalue weighted by Gasteiger charge is 1.98. The molecule has 0 amide bonds. The van der Waals surface area contributed by atoms with E-state index < -0.39 is 0 Å². The number of aliphatic imine (C=N–C) groups is 1. The maximum Gasteiger partial charge on any atom is 0.205 e. The molecule has 0 radical (unpaired) electrons. The number of rotatable bonds is 5. The minimum absolute atomic E-state index is 0.534. The van der Waals surface area contributed by atoms with Crippen LogP contribution in [0.25, 0.3) is 0 Å². The van der Waals surface area contributed by atoms with E-state index in [1.807, 2.05) is 0 Å². The fourth-order valence-corrected chi connectivity index (χ4v) is 1.62. The number of nitrogens with zero attached hydrogens (tertiary/aromatic N) is 1. The lowest BCUT2D eigenvalue weighted by molar-refractivity contribution is 0.656. The van der Waals surface area contributed by atoms with Gasteiger partial charge in [-0.15, -0.1) is 0 Å². The van der Waals surface area contributed by atoms with Gasteiger partial charge in [-0.05, 0) is 24.8 Å². The summed E-state index contributed by atoms with van der Waals surface area (Å²) < 4.78 is 0. The summed E-state index contributed by atoms with van der Waals surface area (Å²) in [5, 5.41) is 3.21. The van der Waals surface area contributed by atoms with Gasteiger partial charge in [-0.1, -0.05) is 43.7 Å². The van der Waals surface area contributed by atoms with E-state index in [-0.39, 0.29) is 0 Å². The maximum absolute atomic E-state index is 5.42. The van der Waals surface area contributed by atoms with E-state index in [2.05, 4.69) is 60.8 Å². The van der Waals surface area contributed by atoms with Gasteiger partial charge in [-0.25, -0.2) is 5.84 Å². The molecule has 0 unspecified atom stereocenters. The number of benzene rings is 1. The standard InChI is InChI=1S/C14H24N4/c1-11(2)10-17-14(18-15)16-8-7-13-6-4-5-12(3)9-13/h4-6,9,11H,7-8,10,15H2,1-3H3,(H2,16,17,18). The van der Waals surface area contributed by atoms with Crippen molar-refractivity contribution in [3.63, 3.8) is 0 Å². The lowest BCUT2D eigenvalue weighted by Gasteiger charge is -2.10. The molecule has 1 aromatic carbocycles. The summed E-state index contributed by atoms with van der Waals surface area (Å²) in [4.78, 5) is 4.36. The Morgan fingerprint density at radius 1 is 1.39 bits per heavy atom. The van der Waals surface area contributed by atoms with Gasteiger partial charge in [-0.2, -0.15) is 0 Å². The van der Waals surface area contributed by atoms with E-state index in [4.69, 9.17) is 5.84 Å². The minimum Gasteiger partial charge on any atom is -0.355 e. The molecule has 4 N–H and O–H groups in total. The topological polar surface area (TPSA) is 62.4 Å². The third-order valence-corrected chi connectivity index (χ3v) is 2.54. The number of nitrogens with two attached hydrogens (primary N) is 1. The van der Waals surface area contributed by atoms with Crippen LogP contribution in [-0.2, 0) is 6.42 Å². The molecule has 0 saturated carbocycles. The van der Waals surface area contributed by atoms with Crippen molar-refractivity contribution in [2.24, 2.45) is 16.8 Å². The van der Waals surface area contributed by atoms with Crippen molar-refractivity contribution in [2.75, 3.05) is 13.1 Å². The molecule has 1 rings (SSSR count). The van der Waals surface area contributed by atoms with Crippen molar-refractivity contribution in [3.05, 3.63) is 35.4 Å². The van der Waals surface area contributed by atoms with E-state index in [9.17, 15) is 0 Å². The molecule has 0 spiro atoms. The number of hydrogen-bond donors (Lipinski definition) is 3. The normalized spacial score (nSPS) is 11.7. The lowest BCUT2D eigenvalue weighted by atomic mass is 10.1. The molecule has 4 heteroatoms. The van der Waals surface area contributed by atoms with Gasteiger partial charge < -0.3 is 5.32 Å². The Labute approximate surface area is 110 Å². The zero-order valence-corrected chi connectivity index (χ0v) is 11.5. The van der Waals surface area contributed by atoms with Crippen LogP contribution in [0.15, 0.2) is 29.3 Å². The fraction of sp³-hybridized carbons (Fsp3) is 0.500. The number of nitrogens with one attached hydrogen (secondary N) is 2. The average Bonchev–Trinajstić information content (AvgIpc) is 2.33. The van der Waals surface area contributed by atoms with Crippen molar-refractivity contribution < 1.29 is 0 Å². The van der Waals surface area contributed by atoms with Crippen LogP contribution in [0.5, 0.6) is 0 Å². The van der Waals surface area contributed by atoms with Gasteiger partial charge in [0.05, 0.1) is 0 Å². The molecule has 18 heavy (non-hydrogen) atoms. The molecule has 0 bridgehead atoms. The Balaban J connectivity index is 2.37. The van der Waals surface area contributed by atoms with Gasteiger partial charge in [0.15, 0.2) is 0 Å². The van der Waals surface area contributed by atoms with Gasteiger partial charge in [-0.3, -0.25) is 10.4 Å². The second-order valence-electron chi connectivity index (χ2n) is 4.89. The Bertz CT molecular complexity index is 385. The Morgan fingerprint density at radius 3 is 2.78 bits per heavy atom. The molecule has 0 aliphatic heterocycles. The molecule has 1 aromatic rings. The summed E-state index contributed by atoms with van der Waals surface area (Å²) in [7, 11) is 0. The first-order valence-corrected chi connectivity index (χ1v) is 6.42. The molecule has 0 aliphatic rings. The third kappa shape index (κ3) is 5.68. The second kappa shape index (κ2) is 7.71. The Kier molecular flexibility index (Phi) is 6.22. The number of hydrogen-bond acceptors (Lipinski definition) is 2. The number of hydrazine groups is 1. The maximum atomic E-state index is 5.42. The number of guanidine groups is 1. The van der Waals surface area contributed by atoms with Crippen LogP contribution in [0.3, 0.4) is 0 Å². The smallest absolute Gasteiger partial charge is 0.205 e. The van der Waals surface area contributed by atoms with Crippen molar-refractivity contribution in [3.8, 4) is 0 Å². The summed E-state index contributed by atoms with van der Waals surface area (Å²) in [6.45, 7) is 7.96. The highest BCUT2D eigenvalue weighted by Crippen LogP contribution is 2.03. The molecular weight excluding hydrogens is 224 g/mol. The summed E-state index contributed by atoms with van der Waals surface area (Å²) in [5.74, 6) is 6.62. The molecule has 0 atom stereocenters. The first-order chi connectivity index (χ1) is 8.61. The van der Waals surface area contributed by atoms with Gasteiger partial charge >= 0.3 is 0 Å². The molecule has 0 aliphatic carbocycles. The molecule has 4 nitrogen and oxygen atoms in total. The van der Waals surface area contributed by atoms with Crippen LogP contribution in [0, 0.1) is 12.8 Å². The molecule has 100 valence electrons. The third-order valence-electron chi connectivity index (χ3n) is 2.54. The molecule has 0 fully saturated rings. The number of aryl methyl sites for hydroxylation is 1. The van der Waals surface area contributed by atoms with Crippen molar-refractivity contribution in [2.45, 2.75) is 27.2 Å². The second-order valence-corrected chi connectivity index (χ2v) is 4.89. The summed E-state index contributed by atoms with van der Waals surface area (Å²) in [6.07, 6.45) is 0.962. The van der Waals surface area contributed by atoms with Gasteiger partial charge in [0.1, 0.15) is 0 Å². The fourth-order valence-electron chi connectivity index (χ4n) is 1.62. The Morgan fingerprint density at radius 2 is 2.17 bits per heavy atom. The molecule has 0 aromatic heterocycles. The zero-order valence-electron chi connectivity index (χ0n) is 11.5. The first kappa shape index (κ1) is 14.5. The van der Waals surface area contributed by atoms with E-state index in [1.54, 1.807) is 0 Å². The van der Waals surface area contributed by atoms with Gasteiger partial charge in [0.25, 0.3) is 0 Å². The van der Waals surface area contributed by atoms with Crippen LogP contribution in [0.1, 0.15) is 25.0 Å². The van der Waals surface area contributed by atoms with E-state index in [0.29, 0.717) is 11.9 Å². The van der Waals surface area contributed by atoms with E-state index in [0.717, 1.165) is 19.5 Å². The summed E-state index contributed by atoms with van der Waals surface area (Å²) in [5.41, 5.74) is 5.21. The van der Waals surface area contributed by atoms with Crippen molar-refractivity contribution in [1.29, 1.82) is 0 Å². The zero-order chi connectivity index (χ0) is 13.4. The van der Waals surface area contributed by atoms with Crippen LogP contribution in [-0.4, -0.2) is 19.0 Å². The van der Waals surface area contributed by atoms with Crippen LogP contribution in [0.2, 0.25) is 0 Å². The summed E-state index contributed by atoms with van der Waals surface area (Å²) >= 11 is 0. The van der Waals surface area contributed by atoms with E-state index >= 15 is 0 Å². The predicted octanol–water partition coefficient (Wildman–Crippen LogP) is 1.60. The molecular formula is C14H24N4. The van der Waals surface area contributed by atoms with Crippen LogP contribution >= 0.6 is 0 Å². The highest BCUT2D eigenvalue weighted by atomic mass is 15.3. The highest BCUT2D eigenvalue weighted by molar-refractivity contribution is 5.79. The van der Waals surface area contributed by atoms with Gasteiger partial charge in [0, 0.05) is 13.1 Å². The average molecular weight is 248 g/mol. The minimum atomic E-state index is 0.534. The van der Waals surface area contributed by atoms with Gasteiger partial charge in [0.2, 0.25) is 5.96 Å².